The van der Waals surface area contributed by atoms with E-state index >= 15 is 0 Å². The topological polar surface area (TPSA) is 120 Å². The highest BCUT2D eigenvalue weighted by Gasteiger charge is 2.38. The van der Waals surface area contributed by atoms with Crippen molar-refractivity contribution in [2.75, 3.05) is 26.2 Å². The highest BCUT2D eigenvalue weighted by atomic mass is 79.9. The van der Waals surface area contributed by atoms with Crippen LogP contribution in [0.25, 0.3) is 10.8 Å². The number of carbonyl (C=O) groups is 1. The number of H-pyrrole nitrogens is 1. The summed E-state index contributed by atoms with van der Waals surface area (Å²) in [6, 6.07) is 4.05. The lowest BCUT2D eigenvalue weighted by Crippen LogP contribution is -2.58. The van der Waals surface area contributed by atoms with E-state index in [9.17, 15) is 23.1 Å². The van der Waals surface area contributed by atoms with Gasteiger partial charge < -0.3 is 19.7 Å². The predicted octanol–water partition coefficient (Wildman–Crippen LogP) is 1.89. The molecule has 1 aromatic heterocycles. The van der Waals surface area contributed by atoms with Crippen molar-refractivity contribution in [2.45, 2.75) is 37.3 Å². The van der Waals surface area contributed by atoms with Crippen molar-refractivity contribution >= 4 is 42.8 Å². The normalized spacial score (nSPS) is 18.6. The molecule has 0 aliphatic carbocycles. The number of aliphatic hydroxyl groups is 1. The van der Waals surface area contributed by atoms with Crippen LogP contribution in [0, 0.1) is 0 Å². The van der Waals surface area contributed by atoms with Crippen LogP contribution in [0.5, 0.6) is 0 Å². The number of carbonyl (C=O) groups excluding carboxylic acids is 1. The number of benzene rings is 1. The molecule has 0 radical (unpaired) electrons. The molecule has 1 aromatic carbocycles. The minimum Gasteiger partial charge on any atom is -0.444 e. The Labute approximate surface area is 182 Å². The van der Waals surface area contributed by atoms with Gasteiger partial charge in [-0.2, -0.15) is 4.31 Å². The molecule has 164 valence electrons. The van der Waals surface area contributed by atoms with E-state index in [1.54, 1.807) is 39.0 Å². The van der Waals surface area contributed by atoms with Crippen molar-refractivity contribution in [3.8, 4) is 0 Å². The van der Waals surface area contributed by atoms with Crippen LogP contribution in [0.2, 0.25) is 0 Å². The molecule has 0 spiro atoms. The van der Waals surface area contributed by atoms with Gasteiger partial charge in [0.05, 0.1) is 12.6 Å². The Balaban J connectivity index is 1.93. The van der Waals surface area contributed by atoms with Gasteiger partial charge in [-0.3, -0.25) is 4.79 Å². The van der Waals surface area contributed by atoms with Crippen molar-refractivity contribution in [1.82, 2.24) is 14.2 Å². The van der Waals surface area contributed by atoms with Gasteiger partial charge in [0.2, 0.25) is 10.0 Å². The third kappa shape index (κ3) is 4.53. The number of hydrogen-bond acceptors (Lipinski definition) is 6. The molecule has 1 aliphatic rings. The fraction of sp³-hybridized carbons (Fsp3) is 0.474. The van der Waals surface area contributed by atoms with Crippen LogP contribution in [0.3, 0.4) is 0 Å². The van der Waals surface area contributed by atoms with Crippen LogP contribution in [-0.2, 0) is 14.8 Å². The minimum absolute atomic E-state index is 0.0344. The number of nitrogens with zero attached hydrogens (tertiary/aromatic N) is 2. The number of nitrogens with one attached hydrogen (secondary N) is 1. The average Bonchev–Trinajstić information content (AvgIpc) is 2.66. The van der Waals surface area contributed by atoms with Gasteiger partial charge in [-0.1, -0.05) is 15.9 Å². The summed E-state index contributed by atoms with van der Waals surface area (Å²) in [6.45, 7) is 4.81. The summed E-state index contributed by atoms with van der Waals surface area (Å²) in [5.41, 5.74) is -1.10. The number of fused-ring (bicyclic) bond motifs is 1. The van der Waals surface area contributed by atoms with Crippen molar-refractivity contribution in [3.05, 3.63) is 39.2 Å². The molecule has 1 saturated heterocycles. The molecule has 1 aliphatic heterocycles. The molecule has 1 atom stereocenters. The highest BCUT2D eigenvalue weighted by molar-refractivity contribution is 9.10. The number of aliphatic hydroxyl groups excluding tert-OH is 1. The second-order valence-electron chi connectivity index (χ2n) is 8.05. The van der Waals surface area contributed by atoms with Gasteiger partial charge in [-0.15, -0.1) is 0 Å². The molecule has 11 heteroatoms. The summed E-state index contributed by atoms with van der Waals surface area (Å²) in [7, 11) is -4.00. The van der Waals surface area contributed by atoms with Gasteiger partial charge in [0.25, 0.3) is 5.56 Å². The summed E-state index contributed by atoms with van der Waals surface area (Å²) < 4.78 is 33.9. The summed E-state index contributed by atoms with van der Waals surface area (Å²) >= 11 is 3.31. The molecule has 2 N–H and O–H groups in total. The SMILES string of the molecule is CC(C)(C)OC(=O)N1CCN(S(=O)(=O)c2c[nH]c(=O)c3ccc(Br)cc23)C[C@@H]1CO. The first-order valence-electron chi connectivity index (χ1n) is 9.35. The van der Waals surface area contributed by atoms with E-state index in [-0.39, 0.29) is 35.5 Å². The number of amides is 1. The Hall–Kier alpha value is -1.95. The molecule has 9 nitrogen and oxygen atoms in total. The fourth-order valence-corrected chi connectivity index (χ4v) is 5.30. The summed E-state index contributed by atoms with van der Waals surface area (Å²) in [6.07, 6.45) is 0.581. The molecule has 3 rings (SSSR count). The first kappa shape index (κ1) is 22.7. The van der Waals surface area contributed by atoms with E-state index < -0.39 is 34.4 Å². The van der Waals surface area contributed by atoms with Crippen molar-refractivity contribution in [2.24, 2.45) is 0 Å². The minimum atomic E-state index is -4.00. The zero-order valence-corrected chi connectivity index (χ0v) is 19.3. The molecule has 2 aromatic rings. The van der Waals surface area contributed by atoms with Gasteiger partial charge in [0.15, 0.2) is 0 Å². The van der Waals surface area contributed by atoms with Crippen molar-refractivity contribution < 1.29 is 23.1 Å². The van der Waals surface area contributed by atoms with Gasteiger partial charge in [0.1, 0.15) is 10.5 Å². The first-order chi connectivity index (χ1) is 13.9. The molecule has 1 amide bonds. The monoisotopic (exact) mass is 501 g/mol. The maximum atomic E-state index is 13.4. The maximum absolute atomic E-state index is 13.4. The second kappa shape index (κ2) is 8.29. The van der Waals surface area contributed by atoms with Crippen LogP contribution in [0.4, 0.5) is 4.79 Å². The molecular weight excluding hydrogens is 478 g/mol. The van der Waals surface area contributed by atoms with Gasteiger partial charge in [-0.05, 0) is 39.0 Å². The quantitative estimate of drug-likeness (QED) is 0.662. The molecule has 2 heterocycles. The lowest BCUT2D eigenvalue weighted by Gasteiger charge is -2.40. The summed E-state index contributed by atoms with van der Waals surface area (Å²) in [4.78, 5) is 28.3. The molecule has 0 bridgehead atoms. The number of rotatable bonds is 3. The zero-order chi connectivity index (χ0) is 22.3. The fourth-order valence-electron chi connectivity index (χ4n) is 3.32. The molecule has 1 fully saturated rings. The number of piperazine rings is 1. The van der Waals surface area contributed by atoms with Gasteiger partial charge in [-0.25, -0.2) is 13.2 Å². The lowest BCUT2D eigenvalue weighted by atomic mass is 10.2. The Bertz CT molecular complexity index is 1130. The van der Waals surface area contributed by atoms with Crippen molar-refractivity contribution in [3.63, 3.8) is 0 Å². The van der Waals surface area contributed by atoms with E-state index in [2.05, 4.69) is 20.9 Å². The number of hydrogen-bond donors (Lipinski definition) is 2. The van der Waals surface area contributed by atoms with Crippen LogP contribution in [0.15, 0.2) is 38.6 Å². The van der Waals surface area contributed by atoms with E-state index in [0.29, 0.717) is 9.86 Å². The Kier molecular flexibility index (Phi) is 6.28. The van der Waals surface area contributed by atoms with Crippen molar-refractivity contribution in [1.29, 1.82) is 0 Å². The third-order valence-corrected chi connectivity index (χ3v) is 7.13. The number of pyridine rings is 1. The maximum Gasteiger partial charge on any atom is 0.410 e. The molecule has 30 heavy (non-hydrogen) atoms. The standard InChI is InChI=1S/C19H24BrN3O6S/c1-19(2,3)29-18(26)23-7-6-22(10-13(23)11-24)30(27,28)16-9-21-17(25)14-5-4-12(20)8-15(14)16/h4-5,8-9,13,24H,6-7,10-11H2,1-3H3,(H,21,25)/t13-/m1/s1. The average molecular weight is 502 g/mol. The Morgan fingerprint density at radius 3 is 2.63 bits per heavy atom. The molecular formula is C19H24BrN3O6S. The largest absolute Gasteiger partial charge is 0.444 e. The summed E-state index contributed by atoms with van der Waals surface area (Å²) in [5.74, 6) is 0. The number of aromatic nitrogens is 1. The van der Waals surface area contributed by atoms with E-state index in [1.807, 2.05) is 0 Å². The zero-order valence-electron chi connectivity index (χ0n) is 16.9. The van der Waals surface area contributed by atoms with E-state index in [0.717, 1.165) is 0 Å². The number of aromatic amines is 1. The Morgan fingerprint density at radius 2 is 2.00 bits per heavy atom. The number of sulfonamides is 1. The molecule has 0 unspecified atom stereocenters. The van der Waals surface area contributed by atoms with Crippen LogP contribution >= 0.6 is 15.9 Å². The van der Waals surface area contributed by atoms with Crippen LogP contribution in [0.1, 0.15) is 20.8 Å². The smallest absolute Gasteiger partial charge is 0.410 e. The predicted molar refractivity (Wildman–Crippen MR) is 115 cm³/mol. The Morgan fingerprint density at radius 1 is 1.30 bits per heavy atom. The van der Waals surface area contributed by atoms with Crippen LogP contribution < -0.4 is 5.56 Å². The lowest BCUT2D eigenvalue weighted by molar-refractivity contribution is -0.00256. The second-order valence-corrected chi connectivity index (χ2v) is 10.9. The van der Waals surface area contributed by atoms with Gasteiger partial charge in [0, 0.05) is 41.1 Å². The summed E-state index contributed by atoms with van der Waals surface area (Å²) in [5, 5.41) is 10.3. The first-order valence-corrected chi connectivity index (χ1v) is 11.6. The van der Waals surface area contributed by atoms with Crippen LogP contribution in [-0.4, -0.2) is 71.7 Å². The van der Waals surface area contributed by atoms with E-state index in [1.165, 1.54) is 15.4 Å². The molecule has 0 saturated carbocycles. The number of ether oxygens (including phenoxy) is 1. The van der Waals surface area contributed by atoms with Gasteiger partial charge >= 0.3 is 6.09 Å². The van der Waals surface area contributed by atoms with E-state index in [4.69, 9.17) is 4.74 Å². The highest BCUT2D eigenvalue weighted by Crippen LogP contribution is 2.28. The third-order valence-electron chi connectivity index (χ3n) is 4.73. The number of halogens is 1.